The van der Waals surface area contributed by atoms with Crippen LogP contribution in [0.4, 0.5) is 0 Å². The van der Waals surface area contributed by atoms with Gasteiger partial charge in [-0.3, -0.25) is 15.8 Å². The molecule has 0 radical (unpaired) electrons. The van der Waals surface area contributed by atoms with Crippen LogP contribution in [0.5, 0.6) is 0 Å². The molecule has 4 heteroatoms. The summed E-state index contributed by atoms with van der Waals surface area (Å²) in [6, 6.07) is 0. The Morgan fingerprint density at radius 2 is 1.50 bits per heavy atom. The molecule has 0 amide bonds. The van der Waals surface area contributed by atoms with Crippen molar-refractivity contribution in [2.75, 3.05) is 0 Å². The van der Waals surface area contributed by atoms with Gasteiger partial charge in [-0.15, -0.1) is 0 Å². The zero-order valence-electron chi connectivity index (χ0n) is 5.86. The summed E-state index contributed by atoms with van der Waals surface area (Å²) in [4.78, 5) is 4.19. The molecule has 0 aromatic rings. The molecule has 0 aromatic heterocycles. The molecule has 0 aliphatic heterocycles. The molecule has 1 fully saturated rings. The van der Waals surface area contributed by atoms with Gasteiger partial charge in [-0.1, -0.05) is 19.3 Å². The van der Waals surface area contributed by atoms with Gasteiger partial charge in [0.2, 0.25) is 0 Å². The van der Waals surface area contributed by atoms with Gasteiger partial charge in [0.25, 0.3) is 0 Å². The summed E-state index contributed by atoms with van der Waals surface area (Å²) in [6.07, 6.45) is 5.95. The second-order valence-electron chi connectivity index (χ2n) is 2.37. The monoisotopic (exact) mass is 150 g/mol. The fourth-order valence-corrected chi connectivity index (χ4v) is 1.17. The fourth-order valence-electron chi connectivity index (χ4n) is 1.17. The number of rotatable bonds is 1. The molecule has 0 bridgehead atoms. The normalized spacial score (nSPS) is 19.5. The molecule has 3 N–H and O–H groups in total. The third-order valence-electron chi connectivity index (χ3n) is 1.70. The summed E-state index contributed by atoms with van der Waals surface area (Å²) in [5.41, 5.74) is 0. The highest BCUT2D eigenvalue weighted by molar-refractivity contribution is 4.62. The van der Waals surface area contributed by atoms with Gasteiger partial charge in [0, 0.05) is 0 Å². The van der Waals surface area contributed by atoms with E-state index in [0.717, 1.165) is 12.8 Å². The van der Waals surface area contributed by atoms with Gasteiger partial charge in [0.1, 0.15) is 0 Å². The van der Waals surface area contributed by atoms with Crippen molar-refractivity contribution in [1.82, 2.24) is 0 Å². The van der Waals surface area contributed by atoms with Gasteiger partial charge in [-0.2, -0.15) is 0 Å². The molecule has 1 aliphatic rings. The van der Waals surface area contributed by atoms with Gasteiger partial charge >= 0.3 is 0 Å². The van der Waals surface area contributed by atoms with Crippen LogP contribution in [0.25, 0.3) is 0 Å². The van der Waals surface area contributed by atoms with Crippen molar-refractivity contribution in [3.05, 3.63) is 0 Å². The third-order valence-corrected chi connectivity index (χ3v) is 1.70. The largest absolute Gasteiger partial charge is 0.255 e. The summed E-state index contributed by atoms with van der Waals surface area (Å²) in [6.45, 7) is 0. The van der Waals surface area contributed by atoms with Crippen LogP contribution < -0.4 is 0 Å². The van der Waals surface area contributed by atoms with Crippen molar-refractivity contribution in [3.63, 3.8) is 0 Å². The highest BCUT2D eigenvalue weighted by Gasteiger charge is 2.12. The van der Waals surface area contributed by atoms with E-state index >= 15 is 0 Å². The Kier molecular flexibility index (Phi) is 6.84. The summed E-state index contributed by atoms with van der Waals surface area (Å²) >= 11 is 0. The molecule has 0 aromatic carbocycles. The molecule has 1 saturated carbocycles. The van der Waals surface area contributed by atoms with E-state index in [-0.39, 0.29) is 6.10 Å². The minimum atomic E-state index is 0.142. The maximum atomic E-state index is 8.19. The predicted molar refractivity (Wildman–Crippen MR) is 35.8 cm³/mol. The zero-order valence-corrected chi connectivity index (χ0v) is 5.86. The average Bonchev–Trinajstić information content (AvgIpc) is 2.10. The number of hydrogen-bond donors (Lipinski definition) is 3. The first kappa shape index (κ1) is 9.84. The van der Waals surface area contributed by atoms with E-state index < -0.39 is 0 Å². The Morgan fingerprint density at radius 1 is 1.00 bits per heavy atom. The minimum absolute atomic E-state index is 0.142. The van der Waals surface area contributed by atoms with Crippen LogP contribution in [0.2, 0.25) is 0 Å². The van der Waals surface area contributed by atoms with Crippen molar-refractivity contribution in [1.29, 1.82) is 0 Å². The third kappa shape index (κ3) is 3.79. The molecule has 0 saturated heterocycles. The van der Waals surface area contributed by atoms with Crippen LogP contribution in [-0.2, 0) is 4.89 Å². The number of hydrogen-bond acceptors (Lipinski definition) is 4. The Morgan fingerprint density at radius 3 is 1.80 bits per heavy atom. The average molecular weight is 150 g/mol. The Hall–Kier alpha value is -0.160. The van der Waals surface area contributed by atoms with Crippen LogP contribution in [-0.4, -0.2) is 21.9 Å². The predicted octanol–water partition coefficient (Wildman–Crippen LogP) is 1.83. The Balaban J connectivity index is 0.000000371. The molecule has 0 atom stereocenters. The van der Waals surface area contributed by atoms with Gasteiger partial charge in [0.05, 0.1) is 6.10 Å². The zero-order chi connectivity index (χ0) is 7.82. The van der Waals surface area contributed by atoms with E-state index in [1.807, 2.05) is 0 Å². The first-order chi connectivity index (χ1) is 4.93. The summed E-state index contributed by atoms with van der Waals surface area (Å²) < 4.78 is 0. The van der Waals surface area contributed by atoms with Crippen molar-refractivity contribution >= 4 is 0 Å². The minimum Gasteiger partial charge on any atom is -0.255 e. The van der Waals surface area contributed by atoms with E-state index in [0.29, 0.717) is 0 Å². The summed E-state index contributed by atoms with van der Waals surface area (Å²) in [5, 5.41) is 20.2. The van der Waals surface area contributed by atoms with E-state index in [9.17, 15) is 0 Å². The molecular formula is C6H14O4. The second-order valence-corrected chi connectivity index (χ2v) is 2.37. The summed E-state index contributed by atoms with van der Waals surface area (Å²) in [7, 11) is 0. The van der Waals surface area contributed by atoms with Crippen molar-refractivity contribution in [2.24, 2.45) is 0 Å². The lowest BCUT2D eigenvalue weighted by atomic mass is 9.98. The van der Waals surface area contributed by atoms with Gasteiger partial charge in [-0.25, -0.2) is 4.89 Å². The maximum Gasteiger partial charge on any atom is 0.0927 e. The van der Waals surface area contributed by atoms with Crippen molar-refractivity contribution in [2.45, 2.75) is 38.2 Å². The Labute approximate surface area is 59.9 Å². The second kappa shape index (κ2) is 6.95. The standard InChI is InChI=1S/C6H12O2.H2O2/c7-8-6-4-2-1-3-5-6;1-2/h6-7H,1-5H2;1-2H. The van der Waals surface area contributed by atoms with Gasteiger partial charge in [-0.05, 0) is 12.8 Å². The van der Waals surface area contributed by atoms with Crippen LogP contribution in [0.3, 0.4) is 0 Å². The van der Waals surface area contributed by atoms with Gasteiger partial charge < -0.3 is 0 Å². The lowest BCUT2D eigenvalue weighted by molar-refractivity contribution is -0.283. The Bertz CT molecular complexity index is 60.8. The van der Waals surface area contributed by atoms with Crippen LogP contribution >= 0.6 is 0 Å². The fraction of sp³-hybridized carbons (Fsp3) is 1.00. The van der Waals surface area contributed by atoms with E-state index in [1.54, 1.807) is 0 Å². The molecule has 10 heavy (non-hydrogen) atoms. The highest BCUT2D eigenvalue weighted by atomic mass is 17.1. The molecule has 1 rings (SSSR count). The summed E-state index contributed by atoms with van der Waals surface area (Å²) in [5.74, 6) is 0. The molecule has 0 unspecified atom stereocenters. The topological polar surface area (TPSA) is 69.9 Å². The smallest absolute Gasteiger partial charge is 0.0927 e. The van der Waals surface area contributed by atoms with E-state index in [4.69, 9.17) is 15.8 Å². The first-order valence-corrected chi connectivity index (χ1v) is 3.43. The first-order valence-electron chi connectivity index (χ1n) is 3.43. The molecule has 0 spiro atoms. The lowest BCUT2D eigenvalue weighted by Crippen LogP contribution is -2.14. The van der Waals surface area contributed by atoms with Crippen LogP contribution in [0.15, 0.2) is 0 Å². The lowest BCUT2D eigenvalue weighted by Gasteiger charge is -2.17. The SMILES string of the molecule is OO.OOC1CCCCC1. The van der Waals surface area contributed by atoms with Crippen LogP contribution in [0.1, 0.15) is 32.1 Å². The maximum absolute atomic E-state index is 8.19. The van der Waals surface area contributed by atoms with Crippen LogP contribution in [0, 0.1) is 0 Å². The molecule has 4 nitrogen and oxygen atoms in total. The molecule has 62 valence electrons. The van der Waals surface area contributed by atoms with Crippen molar-refractivity contribution in [3.8, 4) is 0 Å². The molecule has 0 heterocycles. The molecular weight excluding hydrogens is 136 g/mol. The highest BCUT2D eigenvalue weighted by Crippen LogP contribution is 2.18. The van der Waals surface area contributed by atoms with E-state index in [2.05, 4.69) is 4.89 Å². The molecule has 1 aliphatic carbocycles. The van der Waals surface area contributed by atoms with E-state index in [1.165, 1.54) is 19.3 Å². The van der Waals surface area contributed by atoms with Crippen molar-refractivity contribution < 1.29 is 20.7 Å². The van der Waals surface area contributed by atoms with Gasteiger partial charge in [0.15, 0.2) is 0 Å². The quantitative estimate of drug-likeness (QED) is 0.394.